The van der Waals surface area contributed by atoms with Crippen molar-refractivity contribution in [3.8, 4) is 0 Å². The summed E-state index contributed by atoms with van der Waals surface area (Å²) in [5.74, 6) is 2.59. The number of benzene rings is 1. The monoisotopic (exact) mass is 438 g/mol. The highest BCUT2D eigenvalue weighted by molar-refractivity contribution is 5.95. The van der Waals surface area contributed by atoms with Crippen molar-refractivity contribution in [1.29, 1.82) is 0 Å². The molecule has 6 nitrogen and oxygen atoms in total. The Balaban J connectivity index is 1.14. The minimum absolute atomic E-state index is 0.0563. The summed E-state index contributed by atoms with van der Waals surface area (Å²) < 4.78 is 0. The molecule has 0 unspecified atom stereocenters. The van der Waals surface area contributed by atoms with Gasteiger partial charge in [-0.25, -0.2) is 4.79 Å². The third-order valence-corrected chi connectivity index (χ3v) is 8.38. The molecule has 1 aromatic rings. The number of carbonyl (C=O) groups is 2. The fraction of sp³-hybridized carbons (Fsp3) is 0.692. The maximum absolute atomic E-state index is 13.3. The van der Waals surface area contributed by atoms with Crippen LogP contribution in [0.25, 0.3) is 0 Å². The first-order valence-electron chi connectivity index (χ1n) is 12.7. The van der Waals surface area contributed by atoms with Crippen molar-refractivity contribution in [2.24, 2.45) is 23.2 Å². The zero-order valence-corrected chi connectivity index (χ0v) is 19.4. The summed E-state index contributed by atoms with van der Waals surface area (Å²) in [5.41, 5.74) is 1.95. The number of carbonyl (C=O) groups excluding carboxylic acids is 2. The smallest absolute Gasteiger partial charge is 0.317 e. The number of piperazine rings is 1. The van der Waals surface area contributed by atoms with Crippen LogP contribution in [0, 0.1) is 23.2 Å². The molecule has 5 aliphatic rings. The molecule has 0 spiro atoms. The molecule has 2 N–H and O–H groups in total. The van der Waals surface area contributed by atoms with Gasteiger partial charge in [-0.3, -0.25) is 4.79 Å². The molecule has 1 heterocycles. The molecule has 0 radical (unpaired) electrons. The number of rotatable bonds is 6. The predicted octanol–water partition coefficient (Wildman–Crippen LogP) is 4.47. The van der Waals surface area contributed by atoms with E-state index in [1.54, 1.807) is 0 Å². The fourth-order valence-corrected chi connectivity index (χ4v) is 7.06. The SMILES string of the molecule is CCCCNC(=O)N1CCN(c2ccc(NC(=O)C34CC5CC(CC(C5)C3)C4)cc2)CC1. The lowest BCUT2D eigenvalue weighted by atomic mass is 9.49. The van der Waals surface area contributed by atoms with Gasteiger partial charge in [0, 0.05) is 44.1 Å². The molecule has 4 aliphatic carbocycles. The van der Waals surface area contributed by atoms with E-state index in [4.69, 9.17) is 0 Å². The molecule has 4 bridgehead atoms. The van der Waals surface area contributed by atoms with E-state index in [-0.39, 0.29) is 17.4 Å². The van der Waals surface area contributed by atoms with E-state index in [0.717, 1.165) is 94.0 Å². The highest BCUT2D eigenvalue weighted by Crippen LogP contribution is 2.60. The summed E-state index contributed by atoms with van der Waals surface area (Å²) in [5, 5.41) is 6.27. The molecule has 4 saturated carbocycles. The summed E-state index contributed by atoms with van der Waals surface area (Å²) >= 11 is 0. The van der Waals surface area contributed by atoms with Gasteiger partial charge in [-0.1, -0.05) is 13.3 Å². The average molecular weight is 439 g/mol. The Hall–Kier alpha value is -2.24. The third kappa shape index (κ3) is 4.33. The predicted molar refractivity (Wildman–Crippen MR) is 128 cm³/mol. The second-order valence-corrected chi connectivity index (χ2v) is 10.8. The van der Waals surface area contributed by atoms with Crippen molar-refractivity contribution in [2.75, 3.05) is 42.9 Å². The Morgan fingerprint density at radius 1 is 0.938 bits per heavy atom. The number of nitrogens with one attached hydrogen (secondary N) is 2. The lowest BCUT2D eigenvalue weighted by Gasteiger charge is -2.55. The van der Waals surface area contributed by atoms with Gasteiger partial charge in [-0.15, -0.1) is 0 Å². The molecular formula is C26H38N4O2. The van der Waals surface area contributed by atoms with E-state index < -0.39 is 0 Å². The zero-order valence-electron chi connectivity index (χ0n) is 19.4. The average Bonchev–Trinajstić information content (AvgIpc) is 2.79. The van der Waals surface area contributed by atoms with E-state index in [9.17, 15) is 9.59 Å². The van der Waals surface area contributed by atoms with E-state index in [2.05, 4.69) is 34.6 Å². The molecular weight excluding hydrogens is 400 g/mol. The number of unbranched alkanes of at least 4 members (excludes halogenated alkanes) is 1. The molecule has 0 aromatic heterocycles. The van der Waals surface area contributed by atoms with Crippen LogP contribution >= 0.6 is 0 Å². The van der Waals surface area contributed by atoms with Crippen LogP contribution < -0.4 is 15.5 Å². The Labute approximate surface area is 192 Å². The van der Waals surface area contributed by atoms with E-state index >= 15 is 0 Å². The van der Waals surface area contributed by atoms with Crippen molar-refractivity contribution in [1.82, 2.24) is 10.2 Å². The molecule has 32 heavy (non-hydrogen) atoms. The first-order chi connectivity index (χ1) is 15.5. The van der Waals surface area contributed by atoms with Crippen LogP contribution in [0.5, 0.6) is 0 Å². The van der Waals surface area contributed by atoms with Gasteiger partial charge in [0.2, 0.25) is 5.91 Å². The van der Waals surface area contributed by atoms with E-state index in [0.29, 0.717) is 0 Å². The lowest BCUT2D eigenvalue weighted by molar-refractivity contribution is -0.140. The molecule has 6 heteroatoms. The van der Waals surface area contributed by atoms with E-state index in [1.807, 2.05) is 17.0 Å². The number of urea groups is 1. The van der Waals surface area contributed by atoms with Gasteiger partial charge >= 0.3 is 6.03 Å². The second kappa shape index (κ2) is 8.95. The maximum atomic E-state index is 13.3. The number of hydrogen-bond donors (Lipinski definition) is 2. The molecule has 1 aliphatic heterocycles. The Morgan fingerprint density at radius 2 is 1.53 bits per heavy atom. The third-order valence-electron chi connectivity index (χ3n) is 8.38. The zero-order chi connectivity index (χ0) is 22.1. The fourth-order valence-electron chi connectivity index (χ4n) is 7.06. The second-order valence-electron chi connectivity index (χ2n) is 10.8. The van der Waals surface area contributed by atoms with Crippen LogP contribution in [0.1, 0.15) is 58.3 Å². The van der Waals surface area contributed by atoms with E-state index in [1.165, 1.54) is 19.3 Å². The van der Waals surface area contributed by atoms with Gasteiger partial charge in [0.05, 0.1) is 5.41 Å². The van der Waals surface area contributed by atoms with Gasteiger partial charge in [0.1, 0.15) is 0 Å². The highest BCUT2D eigenvalue weighted by atomic mass is 16.2. The number of anilines is 2. The minimum atomic E-state index is -0.110. The van der Waals surface area contributed by atoms with Gasteiger partial charge in [0.25, 0.3) is 0 Å². The first kappa shape index (κ1) is 21.6. The largest absolute Gasteiger partial charge is 0.368 e. The summed E-state index contributed by atoms with van der Waals surface area (Å²) in [6.07, 6.45) is 9.47. The van der Waals surface area contributed by atoms with Crippen LogP contribution in [-0.4, -0.2) is 49.6 Å². The van der Waals surface area contributed by atoms with Crippen molar-refractivity contribution < 1.29 is 9.59 Å². The lowest BCUT2D eigenvalue weighted by Crippen LogP contribution is -2.52. The van der Waals surface area contributed by atoms with Crippen LogP contribution in [0.2, 0.25) is 0 Å². The van der Waals surface area contributed by atoms with Crippen LogP contribution in [0.15, 0.2) is 24.3 Å². The molecule has 5 fully saturated rings. The Kier molecular flexibility index (Phi) is 6.04. The summed E-state index contributed by atoms with van der Waals surface area (Å²) in [4.78, 5) is 29.8. The van der Waals surface area contributed by atoms with Gasteiger partial charge in [-0.05, 0) is 87.0 Å². The van der Waals surface area contributed by atoms with Gasteiger partial charge in [0.15, 0.2) is 0 Å². The summed E-state index contributed by atoms with van der Waals surface area (Å²) in [7, 11) is 0. The normalized spacial score (nSPS) is 31.0. The summed E-state index contributed by atoms with van der Waals surface area (Å²) in [6, 6.07) is 8.34. The Morgan fingerprint density at radius 3 is 2.09 bits per heavy atom. The standard InChI is InChI=1S/C26H38N4O2/c1-2-3-8-27-25(32)30-11-9-29(10-12-30)23-6-4-22(5-7-23)28-24(31)26-16-19-13-20(17-26)15-21(14-19)18-26/h4-7,19-21H,2-3,8-18H2,1H3,(H,27,32)(H,28,31). The minimum Gasteiger partial charge on any atom is -0.368 e. The number of nitrogens with zero attached hydrogens (tertiary/aromatic N) is 2. The van der Waals surface area contributed by atoms with Crippen LogP contribution in [0.4, 0.5) is 16.2 Å². The molecule has 3 amide bonds. The van der Waals surface area contributed by atoms with Gasteiger partial charge < -0.3 is 20.4 Å². The van der Waals surface area contributed by atoms with Crippen LogP contribution in [-0.2, 0) is 4.79 Å². The topological polar surface area (TPSA) is 64.7 Å². The van der Waals surface area contributed by atoms with Crippen molar-refractivity contribution in [3.63, 3.8) is 0 Å². The molecule has 1 aromatic carbocycles. The number of hydrogen-bond acceptors (Lipinski definition) is 3. The van der Waals surface area contributed by atoms with Gasteiger partial charge in [-0.2, -0.15) is 0 Å². The summed E-state index contributed by atoms with van der Waals surface area (Å²) in [6.45, 7) is 6.03. The highest BCUT2D eigenvalue weighted by Gasteiger charge is 2.54. The quantitative estimate of drug-likeness (QED) is 0.644. The Bertz CT molecular complexity index is 793. The van der Waals surface area contributed by atoms with Crippen molar-refractivity contribution in [2.45, 2.75) is 58.3 Å². The molecule has 1 saturated heterocycles. The molecule has 6 rings (SSSR count). The molecule has 0 atom stereocenters. The number of amides is 3. The van der Waals surface area contributed by atoms with Crippen LogP contribution in [0.3, 0.4) is 0 Å². The maximum Gasteiger partial charge on any atom is 0.317 e. The van der Waals surface area contributed by atoms with Crippen molar-refractivity contribution >= 4 is 23.3 Å². The van der Waals surface area contributed by atoms with Crippen molar-refractivity contribution in [3.05, 3.63) is 24.3 Å². The first-order valence-corrected chi connectivity index (χ1v) is 12.7. The molecule has 174 valence electrons.